The molecule has 3 heterocycles. The molecule has 2 aromatic carbocycles. The first-order valence-electron chi connectivity index (χ1n) is 11.8. The molecule has 1 saturated heterocycles. The lowest BCUT2D eigenvalue weighted by Gasteiger charge is -2.39. The van der Waals surface area contributed by atoms with E-state index in [-0.39, 0.29) is 24.2 Å². The van der Waals surface area contributed by atoms with Crippen LogP contribution in [0.2, 0.25) is 0 Å². The highest BCUT2D eigenvalue weighted by Crippen LogP contribution is 2.34. The van der Waals surface area contributed by atoms with Crippen LogP contribution in [0, 0.1) is 5.82 Å². The molecule has 2 aliphatic heterocycles. The van der Waals surface area contributed by atoms with E-state index in [2.05, 4.69) is 58.2 Å². The van der Waals surface area contributed by atoms with Crippen LogP contribution in [0.1, 0.15) is 50.2 Å². The summed E-state index contributed by atoms with van der Waals surface area (Å²) in [5.41, 5.74) is 1.52. The van der Waals surface area contributed by atoms with E-state index in [1.807, 2.05) is 22.9 Å². The van der Waals surface area contributed by atoms with E-state index in [1.54, 1.807) is 6.07 Å². The molecule has 9 heteroatoms. The molecule has 34 heavy (non-hydrogen) atoms. The van der Waals surface area contributed by atoms with Crippen molar-refractivity contribution < 1.29 is 13.9 Å². The second-order valence-corrected chi connectivity index (χ2v) is 9.54. The molecule has 2 aliphatic rings. The molecule has 3 aromatic rings. The quantitative estimate of drug-likeness (QED) is 0.527. The van der Waals surface area contributed by atoms with Crippen LogP contribution in [-0.2, 0) is 12.1 Å². The molecule has 0 amide bonds. The highest BCUT2D eigenvalue weighted by atomic mass is 19.1. The number of rotatable bonds is 7. The molecule has 180 valence electrons. The molecule has 5 rings (SSSR count). The van der Waals surface area contributed by atoms with Crippen LogP contribution >= 0.6 is 0 Å². The molecular formula is C25H31FN6O2. The van der Waals surface area contributed by atoms with Gasteiger partial charge >= 0.3 is 0 Å². The van der Waals surface area contributed by atoms with Crippen molar-refractivity contribution >= 4 is 0 Å². The van der Waals surface area contributed by atoms with Gasteiger partial charge in [0.05, 0.1) is 5.54 Å². The standard InChI is InChI=1S/C25H31FN6O2/c1-4-25(2,3)32-24(27-28-29-32)23(19-7-5-6-8-20(19)26)31-13-11-30(12-14-31)16-18-9-10-21-22(15-18)34-17-33-21/h5-10,15,23H,4,11-14,16-17H2,1-3H3. The molecule has 0 aliphatic carbocycles. The van der Waals surface area contributed by atoms with Crippen molar-refractivity contribution in [2.24, 2.45) is 0 Å². The van der Waals surface area contributed by atoms with Crippen LogP contribution in [0.15, 0.2) is 42.5 Å². The van der Waals surface area contributed by atoms with Crippen molar-refractivity contribution in [3.63, 3.8) is 0 Å². The molecular weight excluding hydrogens is 435 g/mol. The normalized spacial score (nSPS) is 17.8. The second-order valence-electron chi connectivity index (χ2n) is 9.54. The third-order valence-corrected chi connectivity index (χ3v) is 6.99. The first-order valence-corrected chi connectivity index (χ1v) is 11.8. The zero-order chi connectivity index (χ0) is 23.7. The summed E-state index contributed by atoms with van der Waals surface area (Å²) in [6, 6.07) is 12.7. The van der Waals surface area contributed by atoms with E-state index in [0.717, 1.165) is 50.6 Å². The monoisotopic (exact) mass is 466 g/mol. The van der Waals surface area contributed by atoms with Gasteiger partial charge in [0.25, 0.3) is 0 Å². The van der Waals surface area contributed by atoms with Crippen molar-refractivity contribution in [1.29, 1.82) is 0 Å². The molecule has 1 aromatic heterocycles. The van der Waals surface area contributed by atoms with E-state index in [9.17, 15) is 0 Å². The fraction of sp³-hybridized carbons (Fsp3) is 0.480. The van der Waals surface area contributed by atoms with Gasteiger partial charge in [-0.2, -0.15) is 0 Å². The first-order chi connectivity index (χ1) is 16.5. The summed E-state index contributed by atoms with van der Waals surface area (Å²) >= 11 is 0. The van der Waals surface area contributed by atoms with Gasteiger partial charge < -0.3 is 9.47 Å². The minimum absolute atomic E-state index is 0.237. The molecule has 0 bridgehead atoms. The van der Waals surface area contributed by atoms with Crippen LogP contribution in [-0.4, -0.2) is 63.0 Å². The van der Waals surface area contributed by atoms with Gasteiger partial charge in [0.15, 0.2) is 17.3 Å². The number of hydrogen-bond acceptors (Lipinski definition) is 7. The van der Waals surface area contributed by atoms with E-state index in [1.165, 1.54) is 11.6 Å². The Morgan fingerprint density at radius 1 is 1.03 bits per heavy atom. The summed E-state index contributed by atoms with van der Waals surface area (Å²) < 4.78 is 27.8. The van der Waals surface area contributed by atoms with Gasteiger partial charge in [-0.3, -0.25) is 9.80 Å². The lowest BCUT2D eigenvalue weighted by atomic mass is 9.98. The Morgan fingerprint density at radius 2 is 1.79 bits per heavy atom. The SMILES string of the molecule is CCC(C)(C)n1nnnc1C(c1ccccc1F)N1CCN(Cc2ccc3c(c2)OCO3)CC1. The van der Waals surface area contributed by atoms with Crippen LogP contribution in [0.5, 0.6) is 11.5 Å². The van der Waals surface area contributed by atoms with Gasteiger partial charge in [0.2, 0.25) is 6.79 Å². The van der Waals surface area contributed by atoms with Crippen molar-refractivity contribution in [1.82, 2.24) is 30.0 Å². The van der Waals surface area contributed by atoms with Crippen molar-refractivity contribution in [3.8, 4) is 11.5 Å². The molecule has 1 fully saturated rings. The molecule has 1 unspecified atom stereocenters. The number of halogens is 1. The number of ether oxygens (including phenoxy) is 2. The van der Waals surface area contributed by atoms with Crippen molar-refractivity contribution in [2.75, 3.05) is 33.0 Å². The molecule has 8 nitrogen and oxygen atoms in total. The van der Waals surface area contributed by atoms with Gasteiger partial charge in [-0.15, -0.1) is 5.10 Å². The van der Waals surface area contributed by atoms with Crippen LogP contribution in [0.4, 0.5) is 4.39 Å². The summed E-state index contributed by atoms with van der Waals surface area (Å²) in [5.74, 6) is 2.05. The van der Waals surface area contributed by atoms with Gasteiger partial charge in [-0.1, -0.05) is 31.2 Å². The Hall–Kier alpha value is -3.04. The van der Waals surface area contributed by atoms with Gasteiger partial charge in [-0.25, -0.2) is 9.07 Å². The largest absolute Gasteiger partial charge is 0.454 e. The predicted octanol–water partition coefficient (Wildman–Crippen LogP) is 3.59. The van der Waals surface area contributed by atoms with Crippen LogP contribution < -0.4 is 9.47 Å². The number of fused-ring (bicyclic) bond motifs is 1. The maximum Gasteiger partial charge on any atom is 0.231 e. The van der Waals surface area contributed by atoms with Crippen molar-refractivity contribution in [3.05, 3.63) is 65.2 Å². The summed E-state index contributed by atoms with van der Waals surface area (Å²) in [4.78, 5) is 4.70. The average molecular weight is 467 g/mol. The van der Waals surface area contributed by atoms with E-state index >= 15 is 4.39 Å². The Bertz CT molecular complexity index is 1140. The fourth-order valence-corrected chi connectivity index (χ4v) is 4.62. The average Bonchev–Trinajstić information content (AvgIpc) is 3.51. The summed E-state index contributed by atoms with van der Waals surface area (Å²) in [7, 11) is 0. The molecule has 0 N–H and O–H groups in total. The number of aromatic nitrogens is 4. The van der Waals surface area contributed by atoms with Gasteiger partial charge in [0, 0.05) is 38.3 Å². The lowest BCUT2D eigenvalue weighted by molar-refractivity contribution is 0.0959. The smallest absolute Gasteiger partial charge is 0.231 e. The third-order valence-electron chi connectivity index (χ3n) is 6.99. The number of nitrogens with zero attached hydrogens (tertiary/aromatic N) is 6. The highest BCUT2D eigenvalue weighted by Gasteiger charge is 2.35. The van der Waals surface area contributed by atoms with E-state index < -0.39 is 0 Å². The second kappa shape index (κ2) is 9.31. The zero-order valence-electron chi connectivity index (χ0n) is 19.9. The summed E-state index contributed by atoms with van der Waals surface area (Å²) in [6.07, 6.45) is 0.859. The van der Waals surface area contributed by atoms with E-state index in [0.29, 0.717) is 11.4 Å². The van der Waals surface area contributed by atoms with Crippen LogP contribution in [0.25, 0.3) is 0 Å². The van der Waals surface area contributed by atoms with Gasteiger partial charge in [-0.05, 0) is 54.5 Å². The minimum Gasteiger partial charge on any atom is -0.454 e. The maximum atomic E-state index is 15.0. The number of benzene rings is 2. The summed E-state index contributed by atoms with van der Waals surface area (Å²) in [5, 5.41) is 12.7. The lowest BCUT2D eigenvalue weighted by Crippen LogP contribution is -2.48. The zero-order valence-corrected chi connectivity index (χ0v) is 19.9. The predicted molar refractivity (Wildman–Crippen MR) is 125 cm³/mol. The molecule has 0 spiro atoms. The fourth-order valence-electron chi connectivity index (χ4n) is 4.62. The van der Waals surface area contributed by atoms with E-state index in [4.69, 9.17) is 9.47 Å². The molecule has 1 atom stereocenters. The van der Waals surface area contributed by atoms with Gasteiger partial charge in [0.1, 0.15) is 11.9 Å². The maximum absolute atomic E-state index is 15.0. The Kier molecular flexibility index (Phi) is 6.22. The Balaban J connectivity index is 1.37. The third kappa shape index (κ3) is 4.37. The van der Waals surface area contributed by atoms with Crippen LogP contribution in [0.3, 0.4) is 0 Å². The minimum atomic E-state index is -0.352. The highest BCUT2D eigenvalue weighted by molar-refractivity contribution is 5.44. The molecule has 0 saturated carbocycles. The topological polar surface area (TPSA) is 68.5 Å². The number of tetrazole rings is 1. The number of piperazine rings is 1. The Morgan fingerprint density at radius 3 is 2.56 bits per heavy atom. The summed E-state index contributed by atoms with van der Waals surface area (Å²) in [6.45, 7) is 10.7. The molecule has 0 radical (unpaired) electrons. The first kappa shape index (κ1) is 22.7. The van der Waals surface area contributed by atoms with Crippen molar-refractivity contribution in [2.45, 2.75) is 45.3 Å². The number of hydrogen-bond donors (Lipinski definition) is 0. The Labute approximate surface area is 199 Å².